The van der Waals surface area contributed by atoms with Gasteiger partial charge >= 0.3 is 5.97 Å². The Morgan fingerprint density at radius 3 is 2.46 bits per heavy atom. The second kappa shape index (κ2) is 8.05. The molecule has 0 amide bonds. The zero-order chi connectivity index (χ0) is 10.1. The van der Waals surface area contributed by atoms with Crippen molar-refractivity contribution in [2.24, 2.45) is 5.73 Å². The van der Waals surface area contributed by atoms with E-state index in [0.717, 1.165) is 12.8 Å². The molecule has 0 saturated carbocycles. The molecule has 3 N–H and O–H groups in total. The molecule has 0 bridgehead atoms. The van der Waals surface area contributed by atoms with E-state index in [1.54, 1.807) is 0 Å². The molecule has 0 heterocycles. The van der Waals surface area contributed by atoms with Gasteiger partial charge in [-0.15, -0.1) is 0 Å². The number of carboxylic acid groups (broad SMARTS) is 1. The van der Waals surface area contributed by atoms with Crippen molar-refractivity contribution in [1.82, 2.24) is 0 Å². The molecule has 13 heavy (non-hydrogen) atoms. The van der Waals surface area contributed by atoms with E-state index >= 15 is 0 Å². The largest absolute Gasteiger partial charge is 0.481 e. The smallest absolute Gasteiger partial charge is 0.304 e. The van der Waals surface area contributed by atoms with E-state index in [4.69, 9.17) is 10.8 Å². The van der Waals surface area contributed by atoms with E-state index in [1.807, 2.05) is 0 Å². The standard InChI is InChI=1S/C10H21NO2/c1-2-3-4-5-6-7-9(11)8-10(12)13/h9H,2-8,11H2,1H3,(H,12,13). The Labute approximate surface area is 80.3 Å². The molecule has 78 valence electrons. The summed E-state index contributed by atoms with van der Waals surface area (Å²) >= 11 is 0. The summed E-state index contributed by atoms with van der Waals surface area (Å²) in [7, 11) is 0. The number of carboxylic acids is 1. The summed E-state index contributed by atoms with van der Waals surface area (Å²) in [4.78, 5) is 10.3. The van der Waals surface area contributed by atoms with E-state index in [9.17, 15) is 4.79 Å². The predicted molar refractivity (Wildman–Crippen MR) is 53.6 cm³/mol. The Morgan fingerprint density at radius 2 is 1.92 bits per heavy atom. The average molecular weight is 187 g/mol. The molecule has 0 radical (unpaired) electrons. The van der Waals surface area contributed by atoms with Gasteiger partial charge in [-0.25, -0.2) is 0 Å². The molecule has 0 aromatic rings. The number of carbonyl (C=O) groups is 1. The van der Waals surface area contributed by atoms with Crippen LogP contribution in [0.1, 0.15) is 51.9 Å². The summed E-state index contributed by atoms with van der Waals surface area (Å²) in [6, 6.07) is -0.154. The molecular formula is C10H21NO2. The van der Waals surface area contributed by atoms with Crippen molar-refractivity contribution < 1.29 is 9.90 Å². The van der Waals surface area contributed by atoms with Crippen LogP contribution in [0, 0.1) is 0 Å². The Hall–Kier alpha value is -0.570. The monoisotopic (exact) mass is 187 g/mol. The highest BCUT2D eigenvalue weighted by Gasteiger charge is 2.06. The Kier molecular flexibility index (Phi) is 7.69. The molecule has 0 aliphatic carbocycles. The van der Waals surface area contributed by atoms with Crippen molar-refractivity contribution in [3.05, 3.63) is 0 Å². The van der Waals surface area contributed by atoms with Gasteiger partial charge in [0, 0.05) is 6.04 Å². The van der Waals surface area contributed by atoms with E-state index in [2.05, 4.69) is 6.92 Å². The van der Waals surface area contributed by atoms with Crippen LogP contribution in [0.5, 0.6) is 0 Å². The number of hydrogen-bond acceptors (Lipinski definition) is 2. The highest BCUT2D eigenvalue weighted by atomic mass is 16.4. The fourth-order valence-corrected chi connectivity index (χ4v) is 1.34. The maximum Gasteiger partial charge on any atom is 0.304 e. The second-order valence-electron chi connectivity index (χ2n) is 3.56. The van der Waals surface area contributed by atoms with E-state index < -0.39 is 5.97 Å². The number of rotatable bonds is 8. The van der Waals surface area contributed by atoms with Crippen LogP contribution in [0.15, 0.2) is 0 Å². The highest BCUT2D eigenvalue weighted by Crippen LogP contribution is 2.07. The van der Waals surface area contributed by atoms with Crippen LogP contribution < -0.4 is 5.73 Å². The van der Waals surface area contributed by atoms with Crippen LogP contribution in [-0.2, 0) is 4.79 Å². The lowest BCUT2D eigenvalue weighted by Crippen LogP contribution is -2.23. The van der Waals surface area contributed by atoms with Crippen LogP contribution in [0.25, 0.3) is 0 Å². The van der Waals surface area contributed by atoms with Gasteiger partial charge in [-0.2, -0.15) is 0 Å². The molecule has 0 rings (SSSR count). The quantitative estimate of drug-likeness (QED) is 0.572. The molecule has 0 aromatic heterocycles. The summed E-state index contributed by atoms with van der Waals surface area (Å²) < 4.78 is 0. The third-order valence-corrected chi connectivity index (χ3v) is 2.12. The topological polar surface area (TPSA) is 63.3 Å². The lowest BCUT2D eigenvalue weighted by Gasteiger charge is -2.07. The molecule has 1 atom stereocenters. The number of hydrogen-bond donors (Lipinski definition) is 2. The molecule has 0 fully saturated rings. The first-order valence-electron chi connectivity index (χ1n) is 5.14. The maximum absolute atomic E-state index is 10.3. The molecule has 0 aliphatic heterocycles. The molecular weight excluding hydrogens is 166 g/mol. The minimum absolute atomic E-state index is 0.105. The van der Waals surface area contributed by atoms with Crippen molar-refractivity contribution in [3.63, 3.8) is 0 Å². The van der Waals surface area contributed by atoms with Crippen molar-refractivity contribution in [2.75, 3.05) is 0 Å². The summed E-state index contributed by atoms with van der Waals surface area (Å²) in [5.41, 5.74) is 5.61. The van der Waals surface area contributed by atoms with Gasteiger partial charge in [-0.1, -0.05) is 39.0 Å². The third-order valence-electron chi connectivity index (χ3n) is 2.12. The lowest BCUT2D eigenvalue weighted by molar-refractivity contribution is -0.137. The van der Waals surface area contributed by atoms with Crippen LogP contribution in [0.4, 0.5) is 0 Å². The number of unbranched alkanes of at least 4 members (excludes halogenated alkanes) is 4. The van der Waals surface area contributed by atoms with Crippen LogP contribution in [-0.4, -0.2) is 17.1 Å². The van der Waals surface area contributed by atoms with Gasteiger partial charge in [0.25, 0.3) is 0 Å². The minimum Gasteiger partial charge on any atom is -0.481 e. The SMILES string of the molecule is CCCCCCCC(N)CC(=O)O. The summed E-state index contributed by atoms with van der Waals surface area (Å²) in [6.07, 6.45) is 6.95. The average Bonchev–Trinajstić information content (AvgIpc) is 2.02. The molecule has 0 aliphatic rings. The molecule has 0 aromatic carbocycles. The number of aliphatic carboxylic acids is 1. The van der Waals surface area contributed by atoms with Gasteiger partial charge in [0.15, 0.2) is 0 Å². The minimum atomic E-state index is -0.791. The molecule has 0 spiro atoms. The van der Waals surface area contributed by atoms with Gasteiger partial charge in [-0.3, -0.25) is 4.79 Å². The predicted octanol–water partition coefficient (Wildman–Crippen LogP) is 2.15. The van der Waals surface area contributed by atoms with Gasteiger partial charge in [-0.05, 0) is 6.42 Å². The van der Waals surface area contributed by atoms with Crippen molar-refractivity contribution in [2.45, 2.75) is 57.9 Å². The first-order valence-corrected chi connectivity index (χ1v) is 5.14. The number of nitrogens with two attached hydrogens (primary N) is 1. The fourth-order valence-electron chi connectivity index (χ4n) is 1.34. The first-order chi connectivity index (χ1) is 6.16. The van der Waals surface area contributed by atoms with E-state index in [-0.39, 0.29) is 12.5 Å². The Bertz CT molecular complexity index is 137. The van der Waals surface area contributed by atoms with Crippen molar-refractivity contribution >= 4 is 5.97 Å². The van der Waals surface area contributed by atoms with Crippen LogP contribution in [0.3, 0.4) is 0 Å². The van der Waals surface area contributed by atoms with E-state index in [1.165, 1.54) is 25.7 Å². The normalized spacial score (nSPS) is 12.8. The van der Waals surface area contributed by atoms with Crippen LogP contribution >= 0.6 is 0 Å². The summed E-state index contributed by atoms with van der Waals surface area (Å²) in [6.45, 7) is 2.18. The Balaban J connectivity index is 3.17. The Morgan fingerprint density at radius 1 is 1.31 bits per heavy atom. The molecule has 1 unspecified atom stereocenters. The molecule has 0 saturated heterocycles. The van der Waals surface area contributed by atoms with Gasteiger partial charge in [0.2, 0.25) is 0 Å². The maximum atomic E-state index is 10.3. The van der Waals surface area contributed by atoms with E-state index in [0.29, 0.717) is 0 Å². The first kappa shape index (κ1) is 12.4. The van der Waals surface area contributed by atoms with Crippen molar-refractivity contribution in [3.8, 4) is 0 Å². The van der Waals surface area contributed by atoms with Crippen LogP contribution in [0.2, 0.25) is 0 Å². The van der Waals surface area contributed by atoms with Gasteiger partial charge in [0.1, 0.15) is 0 Å². The van der Waals surface area contributed by atoms with Gasteiger partial charge < -0.3 is 10.8 Å². The highest BCUT2D eigenvalue weighted by molar-refractivity contribution is 5.67. The second-order valence-corrected chi connectivity index (χ2v) is 3.56. The summed E-state index contributed by atoms with van der Waals surface area (Å²) in [5, 5.41) is 8.44. The third kappa shape index (κ3) is 9.34. The summed E-state index contributed by atoms with van der Waals surface area (Å²) in [5.74, 6) is -0.791. The van der Waals surface area contributed by atoms with Crippen molar-refractivity contribution in [1.29, 1.82) is 0 Å². The fraction of sp³-hybridized carbons (Fsp3) is 0.900. The zero-order valence-electron chi connectivity index (χ0n) is 8.46. The lowest BCUT2D eigenvalue weighted by atomic mass is 10.1. The molecule has 3 heteroatoms. The zero-order valence-corrected chi connectivity index (χ0v) is 8.46. The molecule has 3 nitrogen and oxygen atoms in total. The van der Waals surface area contributed by atoms with Gasteiger partial charge in [0.05, 0.1) is 6.42 Å².